The third-order valence-electron chi connectivity index (χ3n) is 4.79. The van der Waals surface area contributed by atoms with Gasteiger partial charge in [-0.1, -0.05) is 11.6 Å². The highest BCUT2D eigenvalue weighted by atomic mass is 16.5. The van der Waals surface area contributed by atoms with Gasteiger partial charge in [-0.15, -0.1) is 5.10 Å². The molecule has 1 saturated carbocycles. The Bertz CT molecular complexity index is 862. The Labute approximate surface area is 145 Å². The second-order valence-corrected chi connectivity index (χ2v) is 6.58. The number of fused-ring (bicyclic) bond motifs is 1. The fourth-order valence-electron chi connectivity index (χ4n) is 3.47. The first-order valence-corrected chi connectivity index (χ1v) is 8.63. The van der Waals surface area contributed by atoms with E-state index in [1.165, 1.54) is 0 Å². The number of benzene rings is 1. The van der Waals surface area contributed by atoms with Crippen molar-refractivity contribution in [3.8, 4) is 11.4 Å². The van der Waals surface area contributed by atoms with Gasteiger partial charge in [-0.25, -0.2) is 9.97 Å². The van der Waals surface area contributed by atoms with E-state index in [-0.39, 0.29) is 6.10 Å². The molecule has 7 nitrogen and oxygen atoms in total. The van der Waals surface area contributed by atoms with Gasteiger partial charge in [-0.2, -0.15) is 4.68 Å². The zero-order valence-corrected chi connectivity index (χ0v) is 14.2. The average molecular weight is 339 g/mol. The van der Waals surface area contributed by atoms with E-state index >= 15 is 0 Å². The van der Waals surface area contributed by atoms with Crippen molar-refractivity contribution in [2.45, 2.75) is 38.2 Å². The Morgan fingerprint density at radius 3 is 2.84 bits per heavy atom. The van der Waals surface area contributed by atoms with E-state index < -0.39 is 0 Å². The number of nitrogens with zero attached hydrogens (tertiary/aromatic N) is 5. The molecule has 130 valence electrons. The lowest BCUT2D eigenvalue weighted by Gasteiger charge is -2.25. The first-order valence-electron chi connectivity index (χ1n) is 8.63. The first-order chi connectivity index (χ1) is 12.2. The van der Waals surface area contributed by atoms with Gasteiger partial charge in [0.25, 0.3) is 0 Å². The van der Waals surface area contributed by atoms with Crippen molar-refractivity contribution in [3.05, 3.63) is 36.3 Å². The van der Waals surface area contributed by atoms with Gasteiger partial charge in [0.1, 0.15) is 11.6 Å². The molecule has 2 atom stereocenters. The van der Waals surface area contributed by atoms with Crippen LogP contribution >= 0.6 is 0 Å². The topological polar surface area (TPSA) is 86.0 Å². The number of aromatic nitrogens is 5. The lowest BCUT2D eigenvalue weighted by molar-refractivity contribution is 0.100. The Hall–Kier alpha value is -2.54. The van der Waals surface area contributed by atoms with Crippen LogP contribution in [0, 0.1) is 5.92 Å². The minimum Gasteiger partial charge on any atom is -0.497 e. The number of aliphatic hydroxyl groups is 1. The maximum absolute atomic E-state index is 9.86. The van der Waals surface area contributed by atoms with E-state index in [2.05, 4.69) is 20.3 Å². The Morgan fingerprint density at radius 2 is 2.08 bits per heavy atom. The lowest BCUT2D eigenvalue weighted by Crippen LogP contribution is -2.21. The van der Waals surface area contributed by atoms with Crippen molar-refractivity contribution in [1.29, 1.82) is 0 Å². The molecule has 1 aliphatic rings. The molecule has 25 heavy (non-hydrogen) atoms. The predicted octanol–water partition coefficient (Wildman–Crippen LogP) is 2.31. The van der Waals surface area contributed by atoms with Crippen LogP contribution in [0.15, 0.2) is 30.5 Å². The number of aliphatic hydroxyl groups excluding tert-OH is 1. The second-order valence-electron chi connectivity index (χ2n) is 6.58. The Kier molecular flexibility index (Phi) is 4.31. The van der Waals surface area contributed by atoms with Crippen molar-refractivity contribution in [3.63, 3.8) is 0 Å². The average Bonchev–Trinajstić information content (AvgIpc) is 3.05. The Morgan fingerprint density at radius 1 is 1.24 bits per heavy atom. The molecule has 0 bridgehead atoms. The summed E-state index contributed by atoms with van der Waals surface area (Å²) in [5, 5.41) is 18.2. The van der Waals surface area contributed by atoms with Crippen LogP contribution in [-0.2, 0) is 6.42 Å². The number of methoxy groups -OCH3 is 1. The zero-order valence-electron chi connectivity index (χ0n) is 14.2. The molecule has 0 saturated heterocycles. The fraction of sp³-hybridized carbons (Fsp3) is 0.444. The molecule has 0 unspecified atom stereocenters. The van der Waals surface area contributed by atoms with Crippen molar-refractivity contribution in [1.82, 2.24) is 25.0 Å². The van der Waals surface area contributed by atoms with Gasteiger partial charge in [0.2, 0.25) is 0 Å². The van der Waals surface area contributed by atoms with E-state index in [1.807, 2.05) is 24.3 Å². The van der Waals surface area contributed by atoms with Gasteiger partial charge in [-0.3, -0.25) is 0 Å². The van der Waals surface area contributed by atoms with Gasteiger partial charge >= 0.3 is 0 Å². The molecule has 0 amide bonds. The van der Waals surface area contributed by atoms with Crippen LogP contribution in [0.1, 0.15) is 31.5 Å². The van der Waals surface area contributed by atoms with Crippen LogP contribution in [0.25, 0.3) is 16.9 Å². The number of ether oxygens (including phenoxy) is 1. The monoisotopic (exact) mass is 339 g/mol. The first kappa shape index (κ1) is 16.0. The summed E-state index contributed by atoms with van der Waals surface area (Å²) in [4.78, 5) is 9.12. The third-order valence-corrected chi connectivity index (χ3v) is 4.79. The van der Waals surface area contributed by atoms with Gasteiger partial charge in [0.05, 0.1) is 25.1 Å². The van der Waals surface area contributed by atoms with E-state index in [0.717, 1.165) is 49.4 Å². The molecular formula is C18H21N5O2. The molecule has 7 heteroatoms. The predicted molar refractivity (Wildman–Crippen MR) is 92.7 cm³/mol. The molecular weight excluding hydrogens is 318 g/mol. The van der Waals surface area contributed by atoms with E-state index in [0.29, 0.717) is 17.1 Å². The Balaban J connectivity index is 1.62. The van der Waals surface area contributed by atoms with Crippen LogP contribution < -0.4 is 4.74 Å². The van der Waals surface area contributed by atoms with Crippen LogP contribution in [0.4, 0.5) is 0 Å². The standard InChI is InChI=1S/C18H21N5O2/c1-25-15-7-5-13(6-8-15)23-18-16(21-22-23)11-19-17(20-18)10-12-3-2-4-14(24)9-12/h5-8,11-12,14,24H,2-4,9-10H2,1H3/t12-,14-/m1/s1. The smallest absolute Gasteiger partial charge is 0.187 e. The molecule has 1 aliphatic carbocycles. The van der Waals surface area contributed by atoms with Crippen LogP contribution in [0.2, 0.25) is 0 Å². The van der Waals surface area contributed by atoms with Crippen molar-refractivity contribution >= 4 is 11.2 Å². The molecule has 2 aromatic heterocycles. The van der Waals surface area contributed by atoms with Gasteiger partial charge in [-0.05, 0) is 49.4 Å². The van der Waals surface area contributed by atoms with Crippen molar-refractivity contribution in [2.75, 3.05) is 7.11 Å². The summed E-state index contributed by atoms with van der Waals surface area (Å²) in [5.74, 6) is 2.01. The zero-order chi connectivity index (χ0) is 17.2. The summed E-state index contributed by atoms with van der Waals surface area (Å²) in [6.07, 6.45) is 6.24. The van der Waals surface area contributed by atoms with Crippen LogP contribution in [-0.4, -0.2) is 43.3 Å². The number of hydrogen-bond donors (Lipinski definition) is 1. The maximum Gasteiger partial charge on any atom is 0.187 e. The summed E-state index contributed by atoms with van der Waals surface area (Å²) >= 11 is 0. The molecule has 1 aromatic carbocycles. The maximum atomic E-state index is 9.86. The number of hydrogen-bond acceptors (Lipinski definition) is 6. The van der Waals surface area contributed by atoms with Crippen LogP contribution in [0.5, 0.6) is 5.75 Å². The molecule has 1 N–H and O–H groups in total. The molecule has 2 heterocycles. The number of rotatable bonds is 4. The van der Waals surface area contributed by atoms with E-state index in [4.69, 9.17) is 4.74 Å². The van der Waals surface area contributed by atoms with Gasteiger partial charge in [0.15, 0.2) is 11.2 Å². The highest BCUT2D eigenvalue weighted by molar-refractivity contribution is 5.70. The minimum absolute atomic E-state index is 0.186. The molecule has 4 rings (SSSR count). The summed E-state index contributed by atoms with van der Waals surface area (Å²) < 4.78 is 6.91. The van der Waals surface area contributed by atoms with Crippen molar-refractivity contribution < 1.29 is 9.84 Å². The highest BCUT2D eigenvalue weighted by Crippen LogP contribution is 2.27. The van der Waals surface area contributed by atoms with E-state index in [1.54, 1.807) is 18.0 Å². The largest absolute Gasteiger partial charge is 0.497 e. The summed E-state index contributed by atoms with van der Waals surface area (Å²) in [7, 11) is 1.64. The summed E-state index contributed by atoms with van der Waals surface area (Å²) in [6, 6.07) is 7.61. The quantitative estimate of drug-likeness (QED) is 0.785. The SMILES string of the molecule is COc1ccc(-n2nnc3cnc(C[C@@H]4CCC[C@@H](O)C4)nc32)cc1. The molecule has 0 aliphatic heterocycles. The summed E-state index contributed by atoms with van der Waals surface area (Å²) in [5.41, 5.74) is 2.25. The normalized spacial score (nSPS) is 20.7. The third kappa shape index (κ3) is 3.32. The molecule has 0 spiro atoms. The van der Waals surface area contributed by atoms with Gasteiger partial charge in [0, 0.05) is 6.42 Å². The molecule has 3 aromatic rings. The van der Waals surface area contributed by atoms with Gasteiger partial charge < -0.3 is 9.84 Å². The summed E-state index contributed by atoms with van der Waals surface area (Å²) in [6.45, 7) is 0. The van der Waals surface area contributed by atoms with Crippen LogP contribution in [0.3, 0.4) is 0 Å². The molecule has 0 radical (unpaired) electrons. The van der Waals surface area contributed by atoms with E-state index in [9.17, 15) is 5.11 Å². The second kappa shape index (κ2) is 6.76. The molecule has 1 fully saturated rings. The highest BCUT2D eigenvalue weighted by Gasteiger charge is 2.22. The van der Waals surface area contributed by atoms with Crippen molar-refractivity contribution in [2.24, 2.45) is 5.92 Å². The lowest BCUT2D eigenvalue weighted by atomic mass is 9.85. The fourth-order valence-corrected chi connectivity index (χ4v) is 3.47. The minimum atomic E-state index is -0.186.